The fourth-order valence-electron chi connectivity index (χ4n) is 3.19. The van der Waals surface area contributed by atoms with Crippen LogP contribution in [0.25, 0.3) is 22.4 Å². The number of allylic oxidation sites excluding steroid dienone is 1. The number of imidazole rings is 1. The average Bonchev–Trinajstić information content (AvgIpc) is 3.11. The van der Waals surface area contributed by atoms with E-state index in [0.717, 1.165) is 22.2 Å². The van der Waals surface area contributed by atoms with Crippen LogP contribution in [0.3, 0.4) is 0 Å². The third-order valence-electron chi connectivity index (χ3n) is 4.58. The molecule has 3 aromatic rings. The van der Waals surface area contributed by atoms with Gasteiger partial charge in [0.2, 0.25) is 11.7 Å². The molecule has 1 radical (unpaired) electrons. The van der Waals surface area contributed by atoms with Crippen molar-refractivity contribution in [3.63, 3.8) is 0 Å². The van der Waals surface area contributed by atoms with Gasteiger partial charge in [-0.2, -0.15) is 4.98 Å². The number of amides is 1. The Morgan fingerprint density at radius 1 is 0.938 bits per heavy atom. The van der Waals surface area contributed by atoms with E-state index in [2.05, 4.69) is 36.0 Å². The number of amidine groups is 1. The smallest absolute Gasteiger partial charge is 0.270 e. The molecule has 0 saturated carbocycles. The molecular formula is C22H22N5O4Se. The fraction of sp³-hybridized carbons (Fsp3) is 0.273. The molecule has 4 rings (SSSR count). The molecule has 0 atom stereocenters. The van der Waals surface area contributed by atoms with Gasteiger partial charge in [0.1, 0.15) is 5.22 Å². The summed E-state index contributed by atoms with van der Waals surface area (Å²) in [5, 5.41) is 0.498. The van der Waals surface area contributed by atoms with E-state index in [0.29, 0.717) is 33.1 Å². The first-order valence-corrected chi connectivity index (χ1v) is 10.5. The summed E-state index contributed by atoms with van der Waals surface area (Å²) in [6.07, 6.45) is 0. The van der Waals surface area contributed by atoms with Crippen LogP contribution in [0.1, 0.15) is 27.7 Å². The van der Waals surface area contributed by atoms with E-state index in [-0.39, 0.29) is 11.5 Å². The largest absolute Gasteiger partial charge is 0.480 e. The summed E-state index contributed by atoms with van der Waals surface area (Å²) in [5.41, 5.74) is 3.54. The summed E-state index contributed by atoms with van der Waals surface area (Å²) < 4.78 is 12.0. The summed E-state index contributed by atoms with van der Waals surface area (Å²) >= 11 is 2.57. The summed E-state index contributed by atoms with van der Waals surface area (Å²) in [6.45, 7) is 7.38. The molecule has 1 amide bonds. The van der Waals surface area contributed by atoms with E-state index in [9.17, 15) is 9.59 Å². The Morgan fingerprint density at radius 3 is 2.22 bits per heavy atom. The number of hydrogen-bond donors (Lipinski definition) is 0. The summed E-state index contributed by atoms with van der Waals surface area (Å²) in [7, 11) is 2.99. The number of carbonyl (C=O) groups is 1. The molecule has 1 aromatic carbocycles. The van der Waals surface area contributed by atoms with Crippen LogP contribution in [0, 0.1) is 0 Å². The second-order valence-electron chi connectivity index (χ2n) is 7.23. The maximum atomic E-state index is 12.6. The van der Waals surface area contributed by atoms with Gasteiger partial charge in [-0.15, -0.1) is 0 Å². The molecule has 3 heterocycles. The van der Waals surface area contributed by atoms with Crippen LogP contribution < -0.4 is 15.5 Å². The minimum atomic E-state index is -0.305. The van der Waals surface area contributed by atoms with E-state index < -0.39 is 0 Å². The maximum Gasteiger partial charge on any atom is 0.270 e. The van der Waals surface area contributed by atoms with Crippen molar-refractivity contribution >= 4 is 54.9 Å². The Kier molecular flexibility index (Phi) is 6.86. The SMILES string of the molecule is COC1=NC([Se])=NC(=O)C1=C(C)C.COc1nc2nc3ccccc3n2c(=O)c1=C(C)C. The van der Waals surface area contributed by atoms with Gasteiger partial charge in [-0.25, -0.2) is 9.38 Å². The van der Waals surface area contributed by atoms with Crippen molar-refractivity contribution in [1.82, 2.24) is 14.4 Å². The van der Waals surface area contributed by atoms with E-state index in [1.54, 1.807) is 0 Å². The number of hydrogen-bond acceptors (Lipinski definition) is 7. The molecule has 1 aliphatic rings. The molecule has 0 fully saturated rings. The number of methoxy groups -OCH3 is 2. The molecule has 0 saturated heterocycles. The fourth-order valence-corrected chi connectivity index (χ4v) is 3.54. The first-order chi connectivity index (χ1) is 15.2. The van der Waals surface area contributed by atoms with Gasteiger partial charge in [-0.1, -0.05) is 17.7 Å². The molecule has 0 N–H and O–H groups in total. The van der Waals surface area contributed by atoms with E-state index in [1.165, 1.54) is 18.6 Å². The Bertz CT molecular complexity index is 1430. The number of ether oxygens (including phenoxy) is 2. The number of benzene rings is 1. The zero-order chi connectivity index (χ0) is 23.6. The number of fused-ring (bicyclic) bond motifs is 3. The van der Waals surface area contributed by atoms with Crippen LogP contribution in [0.15, 0.2) is 50.2 Å². The predicted octanol–water partition coefficient (Wildman–Crippen LogP) is 1.59. The van der Waals surface area contributed by atoms with Crippen LogP contribution >= 0.6 is 0 Å². The maximum absolute atomic E-state index is 12.6. The molecule has 165 valence electrons. The molecule has 9 nitrogen and oxygen atoms in total. The third kappa shape index (κ3) is 4.32. The summed E-state index contributed by atoms with van der Waals surface area (Å²) in [4.78, 5) is 40.3. The van der Waals surface area contributed by atoms with Gasteiger partial charge >= 0.3 is 84.2 Å². The molecular weight excluding hydrogens is 477 g/mol. The van der Waals surface area contributed by atoms with Crippen molar-refractivity contribution < 1.29 is 14.3 Å². The van der Waals surface area contributed by atoms with Gasteiger partial charge in [0.25, 0.3) is 5.56 Å². The Labute approximate surface area is 192 Å². The predicted molar refractivity (Wildman–Crippen MR) is 124 cm³/mol. The van der Waals surface area contributed by atoms with Gasteiger partial charge in [0.05, 0.1) is 18.1 Å². The quantitative estimate of drug-likeness (QED) is 0.372. The minimum absolute atomic E-state index is 0.143. The van der Waals surface area contributed by atoms with Gasteiger partial charge in [-0.3, -0.25) is 4.79 Å². The third-order valence-corrected chi connectivity index (χ3v) is 4.97. The average molecular weight is 499 g/mol. The normalized spacial score (nSPS) is 13.3. The van der Waals surface area contributed by atoms with Crippen LogP contribution in [0.5, 0.6) is 5.88 Å². The first-order valence-electron chi connectivity index (χ1n) is 9.62. The minimum Gasteiger partial charge on any atom is -0.480 e. The van der Waals surface area contributed by atoms with Crippen LogP contribution in [-0.4, -0.2) is 61.1 Å². The van der Waals surface area contributed by atoms with Crippen LogP contribution in [-0.2, 0) is 9.53 Å². The number of aromatic nitrogens is 3. The van der Waals surface area contributed by atoms with Crippen molar-refractivity contribution in [2.24, 2.45) is 9.98 Å². The number of para-hydroxylation sites is 2. The standard InChI is InChI=1S/C14H13N3O2.C8H9N2O2Se/c1-8(2)11-12(19-3)16-14-15-9-6-4-5-7-10(9)17(14)13(11)18;1-4(2)5-6(11)9-8(13)10-7(5)12-3/h4-7H,1-3H3;1-3H3. The van der Waals surface area contributed by atoms with Gasteiger partial charge < -0.3 is 4.74 Å². The Morgan fingerprint density at radius 2 is 1.62 bits per heavy atom. The summed E-state index contributed by atoms with van der Waals surface area (Å²) in [5.74, 6) is 0.718. The number of aliphatic imine (C=N–C) groups is 2. The Balaban J connectivity index is 0.000000195. The van der Waals surface area contributed by atoms with Crippen molar-refractivity contribution in [2.75, 3.05) is 14.2 Å². The van der Waals surface area contributed by atoms with Crippen LogP contribution in [0.4, 0.5) is 0 Å². The molecule has 1 aliphatic heterocycles. The van der Waals surface area contributed by atoms with E-state index >= 15 is 0 Å². The number of carbonyl (C=O) groups excluding carboxylic acids is 1. The summed E-state index contributed by atoms with van der Waals surface area (Å²) in [6, 6.07) is 7.48. The van der Waals surface area contributed by atoms with Crippen molar-refractivity contribution in [1.29, 1.82) is 0 Å². The van der Waals surface area contributed by atoms with Gasteiger partial charge in [0.15, 0.2) is 0 Å². The second-order valence-corrected chi connectivity index (χ2v) is 8.00. The zero-order valence-corrected chi connectivity index (χ0v) is 20.3. The molecule has 10 heteroatoms. The second kappa shape index (κ2) is 9.42. The topological polar surface area (TPSA) is 108 Å². The first kappa shape index (κ1) is 23.3. The zero-order valence-electron chi connectivity index (χ0n) is 18.6. The molecule has 2 aromatic heterocycles. The van der Waals surface area contributed by atoms with Crippen molar-refractivity contribution in [3.05, 3.63) is 51.0 Å². The van der Waals surface area contributed by atoms with E-state index in [4.69, 9.17) is 9.47 Å². The number of nitrogens with zero attached hydrogens (tertiary/aromatic N) is 5. The molecule has 0 aliphatic carbocycles. The van der Waals surface area contributed by atoms with Crippen LogP contribution in [0.2, 0.25) is 0 Å². The molecule has 0 bridgehead atoms. The molecule has 0 unspecified atom stereocenters. The van der Waals surface area contributed by atoms with Gasteiger partial charge in [0, 0.05) is 0 Å². The Hall–Kier alpha value is -3.36. The molecule has 0 spiro atoms. The van der Waals surface area contributed by atoms with Crippen molar-refractivity contribution in [2.45, 2.75) is 27.7 Å². The van der Waals surface area contributed by atoms with Gasteiger partial charge in [-0.05, 0) is 26.0 Å². The van der Waals surface area contributed by atoms with E-state index in [1.807, 2.05) is 52.0 Å². The monoisotopic (exact) mass is 500 g/mol. The van der Waals surface area contributed by atoms with Crippen molar-refractivity contribution in [3.8, 4) is 5.88 Å². The molecule has 32 heavy (non-hydrogen) atoms. The number of rotatable bonds is 1.